The van der Waals surface area contributed by atoms with Crippen LogP contribution in [0.15, 0.2) is 24.7 Å². The van der Waals surface area contributed by atoms with Gasteiger partial charge in [-0.1, -0.05) is 24.9 Å². The first kappa shape index (κ1) is 18.6. The summed E-state index contributed by atoms with van der Waals surface area (Å²) in [7, 11) is 0. The Morgan fingerprint density at radius 2 is 2.18 bits per heavy atom. The second-order valence-electron chi connectivity index (χ2n) is 7.17. The van der Waals surface area contributed by atoms with E-state index in [0.29, 0.717) is 28.5 Å². The van der Waals surface area contributed by atoms with Crippen LogP contribution in [-0.2, 0) is 4.79 Å². The first-order chi connectivity index (χ1) is 13.4. The lowest BCUT2D eigenvalue weighted by Crippen LogP contribution is -2.42. The Hall–Kier alpha value is -2.74. The zero-order valence-corrected chi connectivity index (χ0v) is 15.9. The number of H-pyrrole nitrogens is 1. The van der Waals surface area contributed by atoms with Gasteiger partial charge in [-0.15, -0.1) is 0 Å². The fraction of sp³-hybridized carbons (Fsp3) is 0.368. The maximum Gasteiger partial charge on any atom is 0.308 e. The number of nitrogens with zero attached hydrogens (tertiary/aromatic N) is 3. The number of aromatic amines is 1. The number of rotatable bonds is 4. The maximum absolute atomic E-state index is 14.4. The van der Waals surface area contributed by atoms with Crippen molar-refractivity contribution >= 4 is 34.4 Å². The van der Waals surface area contributed by atoms with Gasteiger partial charge in [-0.3, -0.25) is 4.79 Å². The fourth-order valence-corrected chi connectivity index (χ4v) is 4.09. The van der Waals surface area contributed by atoms with Gasteiger partial charge in [0.15, 0.2) is 17.5 Å². The summed E-state index contributed by atoms with van der Waals surface area (Å²) >= 11 is 6.03. The van der Waals surface area contributed by atoms with Gasteiger partial charge in [0.25, 0.3) is 0 Å². The molecule has 3 atom stereocenters. The number of pyridine rings is 1. The van der Waals surface area contributed by atoms with E-state index < -0.39 is 23.7 Å². The highest BCUT2D eigenvalue weighted by molar-refractivity contribution is 6.31. The van der Waals surface area contributed by atoms with E-state index in [4.69, 9.17) is 11.6 Å². The van der Waals surface area contributed by atoms with Crippen molar-refractivity contribution in [1.82, 2.24) is 19.9 Å². The van der Waals surface area contributed by atoms with E-state index in [0.717, 1.165) is 24.4 Å². The summed E-state index contributed by atoms with van der Waals surface area (Å²) in [6.45, 7) is 1.91. The lowest BCUT2D eigenvalue weighted by atomic mass is 9.77. The van der Waals surface area contributed by atoms with Gasteiger partial charge in [0.1, 0.15) is 5.65 Å². The monoisotopic (exact) mass is 403 g/mol. The molecule has 0 saturated heterocycles. The lowest BCUT2D eigenvalue weighted by Gasteiger charge is -2.34. The molecule has 0 aromatic carbocycles. The van der Waals surface area contributed by atoms with E-state index in [1.807, 2.05) is 6.92 Å². The van der Waals surface area contributed by atoms with Crippen molar-refractivity contribution in [2.75, 3.05) is 5.32 Å². The van der Waals surface area contributed by atoms with Gasteiger partial charge in [0, 0.05) is 29.4 Å². The average Bonchev–Trinajstić information content (AvgIpc) is 3.06. The highest BCUT2D eigenvalue weighted by atomic mass is 35.5. The van der Waals surface area contributed by atoms with Gasteiger partial charge < -0.3 is 15.4 Å². The van der Waals surface area contributed by atoms with Gasteiger partial charge in [-0.05, 0) is 24.8 Å². The summed E-state index contributed by atoms with van der Waals surface area (Å²) in [4.78, 5) is 27.3. The molecule has 9 heteroatoms. The van der Waals surface area contributed by atoms with E-state index in [-0.39, 0.29) is 11.7 Å². The molecule has 3 heterocycles. The largest absolute Gasteiger partial charge is 0.481 e. The van der Waals surface area contributed by atoms with Gasteiger partial charge >= 0.3 is 5.97 Å². The third-order valence-corrected chi connectivity index (χ3v) is 5.52. The standard InChI is InChI=1S/C19H19ClFN5O2/c1-9-3-2-4-14(15(9)19(27)28)25-18-13(21)8-24-17(26-18)12-7-23-16-11(12)5-10(20)6-22-16/h5-9,14-15H,2-4H2,1H3,(H,22,23)(H,27,28)(H,24,25,26)/t9?,14?,15-/m0/s1. The van der Waals surface area contributed by atoms with Crippen molar-refractivity contribution in [2.45, 2.75) is 32.2 Å². The molecule has 0 spiro atoms. The van der Waals surface area contributed by atoms with Crippen LogP contribution in [0.4, 0.5) is 10.2 Å². The Labute approximate surface area is 165 Å². The molecule has 2 unspecified atom stereocenters. The number of carboxylic acid groups (broad SMARTS) is 1. The topological polar surface area (TPSA) is 104 Å². The minimum Gasteiger partial charge on any atom is -0.481 e. The quantitative estimate of drug-likeness (QED) is 0.605. The first-order valence-corrected chi connectivity index (χ1v) is 9.46. The summed E-state index contributed by atoms with van der Waals surface area (Å²) in [5, 5.41) is 13.8. The SMILES string of the molecule is CC1CCCC(Nc2nc(-c3c[nH]c4ncc(Cl)cc34)ncc2F)[C@H]1C(=O)O. The number of carbonyl (C=O) groups is 1. The number of anilines is 1. The van der Waals surface area contributed by atoms with Crippen LogP contribution in [0.1, 0.15) is 26.2 Å². The summed E-state index contributed by atoms with van der Waals surface area (Å²) in [6, 6.07) is 1.34. The van der Waals surface area contributed by atoms with Crippen LogP contribution in [0.5, 0.6) is 0 Å². The third kappa shape index (κ3) is 3.40. The van der Waals surface area contributed by atoms with Crippen molar-refractivity contribution in [2.24, 2.45) is 11.8 Å². The number of hydrogen-bond donors (Lipinski definition) is 3. The molecule has 0 radical (unpaired) electrons. The predicted octanol–water partition coefficient (Wildman–Crippen LogP) is 4.11. The number of halogens is 2. The van der Waals surface area contributed by atoms with Gasteiger partial charge in [0.2, 0.25) is 0 Å². The van der Waals surface area contributed by atoms with E-state index in [2.05, 4.69) is 25.3 Å². The molecule has 3 aromatic rings. The van der Waals surface area contributed by atoms with Crippen LogP contribution in [-0.4, -0.2) is 37.1 Å². The molecule has 7 nitrogen and oxygen atoms in total. The van der Waals surface area contributed by atoms with Gasteiger partial charge in [0.05, 0.1) is 17.1 Å². The number of carboxylic acids is 1. The molecule has 0 bridgehead atoms. The molecule has 28 heavy (non-hydrogen) atoms. The third-order valence-electron chi connectivity index (χ3n) is 5.31. The van der Waals surface area contributed by atoms with Crippen LogP contribution in [0.25, 0.3) is 22.4 Å². The Kier molecular flexibility index (Phi) is 4.89. The molecule has 3 N–H and O–H groups in total. The normalized spacial score (nSPS) is 22.3. The molecule has 0 aliphatic heterocycles. The van der Waals surface area contributed by atoms with E-state index >= 15 is 0 Å². The molecular weight excluding hydrogens is 385 g/mol. The van der Waals surface area contributed by atoms with Crippen molar-refractivity contribution in [3.05, 3.63) is 35.5 Å². The lowest BCUT2D eigenvalue weighted by molar-refractivity contribution is -0.145. The fourth-order valence-electron chi connectivity index (χ4n) is 3.93. The van der Waals surface area contributed by atoms with E-state index in [1.165, 1.54) is 6.20 Å². The summed E-state index contributed by atoms with van der Waals surface area (Å²) in [6.07, 6.45) is 6.67. The molecule has 146 valence electrons. The van der Waals surface area contributed by atoms with Crippen molar-refractivity contribution in [3.8, 4) is 11.4 Å². The average molecular weight is 404 g/mol. The Bertz CT molecular complexity index is 1040. The summed E-state index contributed by atoms with van der Waals surface area (Å²) < 4.78 is 14.4. The minimum absolute atomic E-state index is 0.000290. The van der Waals surface area contributed by atoms with Crippen LogP contribution in [0.2, 0.25) is 5.02 Å². The molecule has 4 rings (SSSR count). The minimum atomic E-state index is -0.878. The molecule has 1 aliphatic carbocycles. The second-order valence-corrected chi connectivity index (χ2v) is 7.60. The number of aromatic nitrogens is 4. The highest BCUT2D eigenvalue weighted by Crippen LogP contribution is 2.33. The van der Waals surface area contributed by atoms with Crippen molar-refractivity contribution in [3.63, 3.8) is 0 Å². The Balaban J connectivity index is 1.69. The van der Waals surface area contributed by atoms with E-state index in [1.54, 1.807) is 12.3 Å². The Morgan fingerprint density at radius 3 is 2.96 bits per heavy atom. The van der Waals surface area contributed by atoms with Crippen LogP contribution >= 0.6 is 11.6 Å². The maximum atomic E-state index is 14.4. The van der Waals surface area contributed by atoms with Crippen LogP contribution in [0, 0.1) is 17.7 Å². The van der Waals surface area contributed by atoms with Gasteiger partial charge in [-0.25, -0.2) is 19.3 Å². The van der Waals surface area contributed by atoms with Gasteiger partial charge in [-0.2, -0.15) is 0 Å². The number of fused-ring (bicyclic) bond motifs is 1. The second kappa shape index (κ2) is 7.35. The zero-order valence-electron chi connectivity index (χ0n) is 15.1. The number of hydrogen-bond acceptors (Lipinski definition) is 5. The van der Waals surface area contributed by atoms with Crippen LogP contribution in [0.3, 0.4) is 0 Å². The number of aliphatic carboxylic acids is 1. The molecule has 1 fully saturated rings. The Morgan fingerprint density at radius 1 is 1.36 bits per heavy atom. The van der Waals surface area contributed by atoms with E-state index in [9.17, 15) is 14.3 Å². The molecular formula is C19H19ClFN5O2. The number of nitrogens with one attached hydrogen (secondary N) is 2. The van der Waals surface area contributed by atoms with Crippen LogP contribution < -0.4 is 5.32 Å². The molecule has 0 amide bonds. The summed E-state index contributed by atoms with van der Waals surface area (Å²) in [5.74, 6) is -1.79. The van der Waals surface area contributed by atoms with Crippen molar-refractivity contribution < 1.29 is 14.3 Å². The predicted molar refractivity (Wildman–Crippen MR) is 104 cm³/mol. The smallest absolute Gasteiger partial charge is 0.308 e. The molecule has 3 aromatic heterocycles. The first-order valence-electron chi connectivity index (χ1n) is 9.09. The molecule has 1 aliphatic rings. The zero-order chi connectivity index (χ0) is 19.8. The summed E-state index contributed by atoms with van der Waals surface area (Å²) in [5.41, 5.74) is 1.26. The molecule has 1 saturated carbocycles. The van der Waals surface area contributed by atoms with Crippen molar-refractivity contribution in [1.29, 1.82) is 0 Å². The highest BCUT2D eigenvalue weighted by Gasteiger charge is 2.36.